The fraction of sp³-hybridized carbons (Fsp3) is 0.308. The highest BCUT2D eigenvalue weighted by Crippen LogP contribution is 2.25. The van der Waals surface area contributed by atoms with Gasteiger partial charge in [0.1, 0.15) is 34.4 Å². The summed E-state index contributed by atoms with van der Waals surface area (Å²) < 4.78 is 12.1. The van der Waals surface area contributed by atoms with E-state index in [-0.39, 0.29) is 0 Å². The number of unbranched alkanes of at least 4 members (excludes halogenated alkanes) is 1. The number of rotatable bonds is 7. The van der Waals surface area contributed by atoms with Crippen molar-refractivity contribution in [3.8, 4) is 0 Å². The van der Waals surface area contributed by atoms with Gasteiger partial charge < -0.3 is 19.5 Å². The SMILES string of the molecule is c1cc2oc(CCCCc3cc4cc(C5=NCCN5)ccc4o3)cc2cc1C1=NCCN1. The highest BCUT2D eigenvalue weighted by Gasteiger charge is 2.12. The minimum Gasteiger partial charge on any atom is -0.461 e. The number of hydrogen-bond donors (Lipinski definition) is 2. The van der Waals surface area contributed by atoms with Crippen LogP contribution in [0.2, 0.25) is 0 Å². The standard InChI is InChI=1S/C26H26N4O2/c1(3-21-15-19-13-17(5-7-23(19)31-21)25-27-9-10-28-25)2-4-22-16-20-14-18(6-8-24(20)32-22)26-29-11-12-30-26/h5-8,13-16H,1-4,9-12H2,(H,27,28)(H,29,30). The molecule has 0 bridgehead atoms. The van der Waals surface area contributed by atoms with Gasteiger partial charge in [0.05, 0.1) is 13.1 Å². The van der Waals surface area contributed by atoms with E-state index in [2.05, 4.69) is 57.0 Å². The van der Waals surface area contributed by atoms with Crippen molar-refractivity contribution in [3.05, 3.63) is 71.2 Å². The Morgan fingerprint density at radius 1 is 0.656 bits per heavy atom. The molecule has 6 rings (SSSR count). The number of nitrogens with one attached hydrogen (secondary N) is 2. The van der Waals surface area contributed by atoms with Crippen LogP contribution in [-0.2, 0) is 12.8 Å². The van der Waals surface area contributed by atoms with E-state index in [1.54, 1.807) is 0 Å². The summed E-state index contributed by atoms with van der Waals surface area (Å²) in [5.41, 5.74) is 4.14. The number of nitrogens with zero attached hydrogens (tertiary/aromatic N) is 2. The Labute approximate surface area is 186 Å². The third-order valence-electron chi connectivity index (χ3n) is 6.13. The van der Waals surface area contributed by atoms with Gasteiger partial charge in [-0.3, -0.25) is 9.98 Å². The molecular weight excluding hydrogens is 400 g/mol. The number of fused-ring (bicyclic) bond motifs is 2. The Hall–Kier alpha value is -3.54. The summed E-state index contributed by atoms with van der Waals surface area (Å²) in [5.74, 6) is 4.05. The third-order valence-corrected chi connectivity index (χ3v) is 6.13. The summed E-state index contributed by atoms with van der Waals surface area (Å²) in [7, 11) is 0. The maximum absolute atomic E-state index is 6.05. The number of amidine groups is 2. The largest absolute Gasteiger partial charge is 0.461 e. The quantitative estimate of drug-likeness (QED) is 0.428. The van der Waals surface area contributed by atoms with Crippen LogP contribution in [-0.4, -0.2) is 37.9 Å². The smallest absolute Gasteiger partial charge is 0.134 e. The summed E-state index contributed by atoms with van der Waals surface area (Å²) in [6.45, 7) is 3.54. The molecule has 6 nitrogen and oxygen atoms in total. The number of hydrogen-bond acceptors (Lipinski definition) is 6. The van der Waals surface area contributed by atoms with Crippen LogP contribution in [0.5, 0.6) is 0 Å². The monoisotopic (exact) mass is 426 g/mol. The molecule has 2 N–H and O–H groups in total. The molecule has 2 aromatic carbocycles. The van der Waals surface area contributed by atoms with E-state index < -0.39 is 0 Å². The minimum absolute atomic E-state index is 0.850. The van der Waals surface area contributed by atoms with Crippen LogP contribution in [0, 0.1) is 0 Å². The molecule has 4 heterocycles. The van der Waals surface area contributed by atoms with Crippen molar-refractivity contribution in [2.75, 3.05) is 26.2 Å². The fourth-order valence-electron chi connectivity index (χ4n) is 4.52. The van der Waals surface area contributed by atoms with Crippen molar-refractivity contribution in [2.24, 2.45) is 9.98 Å². The summed E-state index contributed by atoms with van der Waals surface area (Å²) in [5, 5.41) is 8.94. The van der Waals surface area contributed by atoms with Gasteiger partial charge in [0, 0.05) is 47.8 Å². The summed E-state index contributed by atoms with van der Waals surface area (Å²) in [6, 6.07) is 16.9. The average Bonchev–Trinajstić information content (AvgIpc) is 3.61. The van der Waals surface area contributed by atoms with E-state index >= 15 is 0 Å². The predicted octanol–water partition coefficient (Wildman–Crippen LogP) is 4.44. The molecule has 2 aliphatic heterocycles. The molecule has 0 aliphatic carbocycles. The van der Waals surface area contributed by atoms with E-state index in [0.717, 1.165) is 108 Å². The molecule has 162 valence electrons. The van der Waals surface area contributed by atoms with Gasteiger partial charge in [0.25, 0.3) is 0 Å². The number of benzene rings is 2. The van der Waals surface area contributed by atoms with Gasteiger partial charge in [0.15, 0.2) is 0 Å². The Kier molecular flexibility index (Phi) is 4.90. The molecule has 32 heavy (non-hydrogen) atoms. The second kappa shape index (κ2) is 8.19. The van der Waals surface area contributed by atoms with Crippen molar-refractivity contribution in [2.45, 2.75) is 25.7 Å². The topological polar surface area (TPSA) is 75.1 Å². The van der Waals surface area contributed by atoms with E-state index in [1.165, 1.54) is 0 Å². The van der Waals surface area contributed by atoms with Crippen molar-refractivity contribution >= 4 is 33.6 Å². The zero-order chi connectivity index (χ0) is 21.3. The Bertz CT molecular complexity index is 1240. The van der Waals surface area contributed by atoms with Crippen LogP contribution in [0.15, 0.2) is 67.4 Å². The second-order valence-electron chi connectivity index (χ2n) is 8.45. The highest BCUT2D eigenvalue weighted by atomic mass is 16.3. The van der Waals surface area contributed by atoms with Gasteiger partial charge in [-0.05, 0) is 61.4 Å². The molecule has 0 atom stereocenters. The van der Waals surface area contributed by atoms with Gasteiger partial charge in [-0.1, -0.05) is 0 Å². The Balaban J connectivity index is 1.07. The van der Waals surface area contributed by atoms with E-state index in [1.807, 2.05) is 12.1 Å². The summed E-state index contributed by atoms with van der Waals surface area (Å²) >= 11 is 0. The molecular formula is C26H26N4O2. The van der Waals surface area contributed by atoms with Crippen molar-refractivity contribution < 1.29 is 8.83 Å². The molecule has 0 fully saturated rings. The average molecular weight is 427 g/mol. The zero-order valence-electron chi connectivity index (χ0n) is 18.0. The van der Waals surface area contributed by atoms with E-state index in [4.69, 9.17) is 8.83 Å². The van der Waals surface area contributed by atoms with Crippen molar-refractivity contribution in [1.82, 2.24) is 10.6 Å². The molecule has 2 aliphatic rings. The summed E-state index contributed by atoms with van der Waals surface area (Å²) in [6.07, 6.45) is 3.98. The lowest BCUT2D eigenvalue weighted by Gasteiger charge is -2.01. The molecule has 0 radical (unpaired) electrons. The normalized spacial score (nSPS) is 15.8. The first kappa shape index (κ1) is 19.2. The van der Waals surface area contributed by atoms with Gasteiger partial charge in [-0.15, -0.1) is 0 Å². The first-order valence-corrected chi connectivity index (χ1v) is 11.4. The number of furan rings is 2. The van der Waals surface area contributed by atoms with Crippen LogP contribution in [0.1, 0.15) is 35.5 Å². The van der Waals surface area contributed by atoms with Crippen molar-refractivity contribution in [1.29, 1.82) is 0 Å². The molecule has 0 amide bonds. The third kappa shape index (κ3) is 3.77. The van der Waals surface area contributed by atoms with E-state index in [9.17, 15) is 0 Å². The van der Waals surface area contributed by atoms with Gasteiger partial charge in [0.2, 0.25) is 0 Å². The second-order valence-corrected chi connectivity index (χ2v) is 8.45. The highest BCUT2D eigenvalue weighted by molar-refractivity contribution is 6.03. The molecule has 0 spiro atoms. The zero-order valence-corrected chi connectivity index (χ0v) is 18.0. The van der Waals surface area contributed by atoms with E-state index in [0.29, 0.717) is 0 Å². The van der Waals surface area contributed by atoms with Gasteiger partial charge in [-0.25, -0.2) is 0 Å². The van der Waals surface area contributed by atoms with Crippen LogP contribution in [0.3, 0.4) is 0 Å². The maximum atomic E-state index is 6.05. The Morgan fingerprint density at radius 3 is 1.59 bits per heavy atom. The first-order chi connectivity index (χ1) is 15.8. The molecule has 0 saturated heterocycles. The molecule has 0 saturated carbocycles. The first-order valence-electron chi connectivity index (χ1n) is 11.4. The maximum Gasteiger partial charge on any atom is 0.134 e. The number of aryl methyl sites for hydroxylation is 2. The lowest BCUT2D eigenvalue weighted by molar-refractivity contribution is 0.509. The molecule has 2 aromatic heterocycles. The lowest BCUT2D eigenvalue weighted by atomic mass is 10.1. The predicted molar refractivity (Wildman–Crippen MR) is 128 cm³/mol. The van der Waals surface area contributed by atoms with Gasteiger partial charge >= 0.3 is 0 Å². The van der Waals surface area contributed by atoms with Crippen LogP contribution < -0.4 is 10.6 Å². The van der Waals surface area contributed by atoms with Crippen molar-refractivity contribution in [3.63, 3.8) is 0 Å². The molecule has 4 aromatic rings. The van der Waals surface area contributed by atoms with Crippen LogP contribution >= 0.6 is 0 Å². The molecule has 6 heteroatoms. The molecule has 0 unspecified atom stereocenters. The fourth-order valence-corrected chi connectivity index (χ4v) is 4.52. The van der Waals surface area contributed by atoms with Crippen LogP contribution in [0.25, 0.3) is 21.9 Å². The number of aliphatic imine (C=N–C) groups is 2. The summed E-state index contributed by atoms with van der Waals surface area (Å²) in [4.78, 5) is 9.01. The van der Waals surface area contributed by atoms with Gasteiger partial charge in [-0.2, -0.15) is 0 Å². The Morgan fingerprint density at radius 2 is 1.16 bits per heavy atom. The minimum atomic E-state index is 0.850. The lowest BCUT2D eigenvalue weighted by Crippen LogP contribution is -2.19. The van der Waals surface area contributed by atoms with Crippen LogP contribution in [0.4, 0.5) is 0 Å².